The van der Waals surface area contributed by atoms with E-state index in [2.05, 4.69) is 9.50 Å². The van der Waals surface area contributed by atoms with E-state index in [4.69, 9.17) is 33.0 Å². The van der Waals surface area contributed by atoms with Gasteiger partial charge in [0.1, 0.15) is 67.1 Å². The monoisotopic (exact) mass is 623 g/mol. The summed E-state index contributed by atoms with van der Waals surface area (Å²) < 4.78 is 69.4. The van der Waals surface area contributed by atoms with Gasteiger partial charge < -0.3 is 69.5 Å². The molecule has 0 unspecified atom stereocenters. The van der Waals surface area contributed by atoms with Gasteiger partial charge in [-0.2, -0.15) is 8.42 Å². The molecule has 3 heterocycles. The molecule has 240 valence electrons. The molecule has 15 atom stereocenters. The van der Waals surface area contributed by atoms with Crippen molar-refractivity contribution in [3.8, 4) is 0 Å². The molecular weight excluding hydrogens is 586 g/mol. The lowest BCUT2D eigenvalue weighted by Gasteiger charge is -2.50. The van der Waals surface area contributed by atoms with Crippen molar-refractivity contribution in [3.05, 3.63) is 0 Å². The molecule has 0 saturated carbocycles. The summed E-state index contributed by atoms with van der Waals surface area (Å²) in [4.78, 5) is 12.1. The number of rotatable bonds is 10. The zero-order valence-electron chi connectivity index (χ0n) is 22.1. The van der Waals surface area contributed by atoms with Gasteiger partial charge in [-0.1, -0.05) is 0 Å². The van der Waals surface area contributed by atoms with E-state index in [0.29, 0.717) is 0 Å². The SMILES string of the molecule is CO[C@@H]1O[C@H](CO)[C@@H](O[C@@H]2O[C@H](CO)[C@H](OS(=O)(=O)O)[C@H](O)[C@H]2O)[C@H](O[C@H]2O[C@H](C)[C@H](O)[C@H](O)[C@H]2O)[C@H]1NC(C)=O. The summed E-state index contributed by atoms with van der Waals surface area (Å²) in [5.74, 6) is -0.612. The summed E-state index contributed by atoms with van der Waals surface area (Å²) >= 11 is 0. The van der Waals surface area contributed by atoms with Crippen LogP contribution in [0.25, 0.3) is 0 Å². The second-order valence-corrected chi connectivity index (χ2v) is 10.8. The third-order valence-electron chi connectivity index (χ3n) is 6.87. The van der Waals surface area contributed by atoms with E-state index in [1.807, 2.05) is 0 Å². The molecule has 3 rings (SSSR count). The summed E-state index contributed by atoms with van der Waals surface area (Å²) in [5.41, 5.74) is 0. The maximum absolute atomic E-state index is 12.1. The van der Waals surface area contributed by atoms with Crippen LogP contribution in [0.4, 0.5) is 0 Å². The molecule has 41 heavy (non-hydrogen) atoms. The number of methoxy groups -OCH3 is 1. The molecule has 3 saturated heterocycles. The van der Waals surface area contributed by atoms with Gasteiger partial charge in [0, 0.05) is 14.0 Å². The van der Waals surface area contributed by atoms with Crippen LogP contribution >= 0.6 is 0 Å². The van der Waals surface area contributed by atoms with Gasteiger partial charge in [0.25, 0.3) is 0 Å². The van der Waals surface area contributed by atoms with E-state index in [1.165, 1.54) is 14.0 Å². The van der Waals surface area contributed by atoms with E-state index in [9.17, 15) is 49.0 Å². The minimum atomic E-state index is -5.16. The highest BCUT2D eigenvalue weighted by Crippen LogP contribution is 2.34. The molecule has 0 aromatic rings. The van der Waals surface area contributed by atoms with Crippen molar-refractivity contribution in [2.24, 2.45) is 0 Å². The van der Waals surface area contributed by atoms with E-state index in [0.717, 1.165) is 6.92 Å². The number of amides is 1. The lowest BCUT2D eigenvalue weighted by molar-refractivity contribution is -0.371. The molecule has 3 aliphatic heterocycles. The van der Waals surface area contributed by atoms with Gasteiger partial charge in [0.05, 0.1) is 19.3 Å². The molecule has 0 radical (unpaired) electrons. The van der Waals surface area contributed by atoms with Crippen molar-refractivity contribution in [1.29, 1.82) is 0 Å². The number of carbonyl (C=O) groups is 1. The predicted molar refractivity (Wildman–Crippen MR) is 127 cm³/mol. The van der Waals surface area contributed by atoms with Gasteiger partial charge in [-0.25, -0.2) is 4.18 Å². The maximum Gasteiger partial charge on any atom is 0.397 e. The summed E-state index contributed by atoms with van der Waals surface area (Å²) in [5, 5.41) is 74.3. The Morgan fingerprint density at radius 1 is 0.780 bits per heavy atom. The Morgan fingerprint density at radius 2 is 1.29 bits per heavy atom. The molecular formula is C21H37NO18S. The van der Waals surface area contributed by atoms with Gasteiger partial charge in [-0.3, -0.25) is 9.35 Å². The summed E-state index contributed by atoms with van der Waals surface area (Å²) in [6.07, 6.45) is -23.1. The number of hydrogen-bond donors (Lipinski definition) is 9. The summed E-state index contributed by atoms with van der Waals surface area (Å²) in [6.45, 7) is 0.778. The minimum absolute atomic E-state index is 0.612. The fraction of sp³-hybridized carbons (Fsp3) is 0.952. The van der Waals surface area contributed by atoms with Crippen LogP contribution in [-0.4, -0.2) is 167 Å². The molecule has 0 aromatic carbocycles. The Morgan fingerprint density at radius 3 is 1.83 bits per heavy atom. The molecule has 0 aliphatic carbocycles. The quantitative estimate of drug-likeness (QED) is 0.102. The number of aliphatic hydroxyl groups excluding tert-OH is 7. The van der Waals surface area contributed by atoms with Crippen molar-refractivity contribution in [2.45, 2.75) is 106 Å². The molecule has 3 fully saturated rings. The van der Waals surface area contributed by atoms with Crippen LogP contribution in [0.5, 0.6) is 0 Å². The Labute approximate surface area is 234 Å². The highest BCUT2D eigenvalue weighted by Gasteiger charge is 2.55. The van der Waals surface area contributed by atoms with E-state index >= 15 is 0 Å². The normalized spacial score (nSPS) is 45.8. The van der Waals surface area contributed by atoms with E-state index in [1.54, 1.807) is 0 Å². The van der Waals surface area contributed by atoms with Crippen molar-refractivity contribution >= 4 is 16.3 Å². The first-order valence-electron chi connectivity index (χ1n) is 12.5. The van der Waals surface area contributed by atoms with Crippen molar-refractivity contribution in [1.82, 2.24) is 5.32 Å². The molecule has 0 aromatic heterocycles. The van der Waals surface area contributed by atoms with Crippen LogP contribution in [0.15, 0.2) is 0 Å². The van der Waals surface area contributed by atoms with Gasteiger partial charge >= 0.3 is 10.4 Å². The standard InChI is InChI=1S/C21H37NO18S/c1-6-11(26)12(27)14(29)20(35-6)39-18-10(22-7(2)25)19(34-3)36-9(5-24)17(18)38-21-15(30)13(28)16(8(4-23)37-21)40-41(31,32)33/h6,8-21,23-24,26-30H,4-5H2,1-3H3,(H,22,25)(H,31,32,33)/t6-,8-,9-,10-,11+,12+,13-,14-,15-,16+,17-,18-,19-,20-,21+/m1/s1. The second kappa shape index (κ2) is 14.1. The smallest absolute Gasteiger partial charge is 0.394 e. The van der Waals surface area contributed by atoms with E-state index in [-0.39, 0.29) is 0 Å². The van der Waals surface area contributed by atoms with Crippen LogP contribution < -0.4 is 5.32 Å². The van der Waals surface area contributed by atoms with Gasteiger partial charge in [0.15, 0.2) is 18.9 Å². The van der Waals surface area contributed by atoms with Crippen LogP contribution in [-0.2, 0) is 47.8 Å². The average Bonchev–Trinajstić information content (AvgIpc) is 2.90. The molecule has 20 heteroatoms. The first kappa shape index (κ1) is 34.3. The molecule has 9 N–H and O–H groups in total. The van der Waals surface area contributed by atoms with Gasteiger partial charge in [-0.05, 0) is 6.92 Å². The number of ether oxygens (including phenoxy) is 6. The Kier molecular flexibility index (Phi) is 11.8. The van der Waals surface area contributed by atoms with E-state index < -0.39 is 122 Å². The zero-order chi connectivity index (χ0) is 30.8. The maximum atomic E-state index is 12.1. The lowest BCUT2D eigenvalue weighted by Crippen LogP contribution is -2.69. The molecule has 3 aliphatic rings. The van der Waals surface area contributed by atoms with Crippen molar-refractivity contribution in [3.63, 3.8) is 0 Å². The Balaban J connectivity index is 1.96. The van der Waals surface area contributed by atoms with Crippen LogP contribution in [0, 0.1) is 0 Å². The summed E-state index contributed by atoms with van der Waals surface area (Å²) in [6, 6.07) is -1.27. The lowest BCUT2D eigenvalue weighted by atomic mass is 9.94. The highest BCUT2D eigenvalue weighted by molar-refractivity contribution is 7.80. The Hall–Kier alpha value is -1.18. The van der Waals surface area contributed by atoms with Crippen LogP contribution in [0.1, 0.15) is 13.8 Å². The third kappa shape index (κ3) is 7.86. The number of aliphatic hydroxyl groups is 7. The molecule has 0 spiro atoms. The van der Waals surface area contributed by atoms with Crippen LogP contribution in [0.2, 0.25) is 0 Å². The fourth-order valence-electron chi connectivity index (χ4n) is 4.83. The summed E-state index contributed by atoms with van der Waals surface area (Å²) in [7, 11) is -3.94. The fourth-order valence-corrected chi connectivity index (χ4v) is 5.34. The minimum Gasteiger partial charge on any atom is -0.394 e. The first-order valence-corrected chi connectivity index (χ1v) is 13.8. The predicted octanol–water partition coefficient (Wildman–Crippen LogP) is -5.92. The zero-order valence-corrected chi connectivity index (χ0v) is 23.0. The number of carbonyl (C=O) groups excluding carboxylic acids is 1. The third-order valence-corrected chi connectivity index (χ3v) is 7.34. The van der Waals surface area contributed by atoms with Gasteiger partial charge in [0.2, 0.25) is 5.91 Å². The second-order valence-electron chi connectivity index (χ2n) is 9.77. The van der Waals surface area contributed by atoms with Crippen molar-refractivity contribution < 1.29 is 86.1 Å². The molecule has 0 bridgehead atoms. The van der Waals surface area contributed by atoms with Crippen molar-refractivity contribution in [2.75, 3.05) is 20.3 Å². The molecule has 19 nitrogen and oxygen atoms in total. The number of nitrogens with one attached hydrogen (secondary N) is 1. The first-order chi connectivity index (χ1) is 19.1. The largest absolute Gasteiger partial charge is 0.397 e. The molecule has 1 amide bonds. The average molecular weight is 624 g/mol. The van der Waals surface area contributed by atoms with Crippen LogP contribution in [0.3, 0.4) is 0 Å². The number of hydrogen-bond acceptors (Lipinski definition) is 17. The topological polar surface area (TPSA) is 290 Å². The van der Waals surface area contributed by atoms with Gasteiger partial charge in [-0.15, -0.1) is 0 Å². The highest BCUT2D eigenvalue weighted by atomic mass is 32.3. The Bertz CT molecular complexity index is 970.